The normalized spacial score (nSPS) is 19.1. The van der Waals surface area contributed by atoms with Gasteiger partial charge >= 0.3 is 0 Å². The van der Waals surface area contributed by atoms with Gasteiger partial charge in [-0.05, 0) is 65.9 Å². The highest BCUT2D eigenvalue weighted by atomic mass is 127. The van der Waals surface area contributed by atoms with E-state index in [9.17, 15) is 0 Å². The number of benzene rings is 1. The lowest BCUT2D eigenvalue weighted by Gasteiger charge is -2.28. The van der Waals surface area contributed by atoms with E-state index >= 15 is 0 Å². The monoisotopic (exact) mass is 371 g/mol. The lowest BCUT2D eigenvalue weighted by Crippen LogP contribution is -2.29. The minimum absolute atomic E-state index is 0.561. The van der Waals surface area contributed by atoms with Gasteiger partial charge in [0.2, 0.25) is 0 Å². The standard InChI is InChI=1S/C17H26IN/c1-2-13-19-17(14-9-5-3-4-6-10-14)15-11-7-8-12-16(15)18/h7-8,11-12,14,17,19H,2-6,9-10,13H2,1H3. The van der Waals surface area contributed by atoms with Gasteiger partial charge in [0.05, 0.1) is 0 Å². The van der Waals surface area contributed by atoms with Crippen LogP contribution in [0, 0.1) is 9.49 Å². The van der Waals surface area contributed by atoms with Crippen LogP contribution in [0.4, 0.5) is 0 Å². The van der Waals surface area contributed by atoms with Gasteiger partial charge in [-0.25, -0.2) is 0 Å². The fourth-order valence-corrected chi connectivity index (χ4v) is 3.92. The molecule has 0 saturated heterocycles. The topological polar surface area (TPSA) is 12.0 Å². The molecule has 0 heterocycles. The number of nitrogens with one attached hydrogen (secondary N) is 1. The quantitative estimate of drug-likeness (QED) is 0.547. The van der Waals surface area contributed by atoms with E-state index in [1.165, 1.54) is 54.1 Å². The lowest BCUT2D eigenvalue weighted by molar-refractivity contribution is 0.325. The molecule has 1 atom stereocenters. The summed E-state index contributed by atoms with van der Waals surface area (Å²) in [5, 5.41) is 3.82. The molecule has 1 saturated carbocycles. The number of hydrogen-bond donors (Lipinski definition) is 1. The third-order valence-corrected chi connectivity index (χ3v) is 5.21. The van der Waals surface area contributed by atoms with Crippen molar-refractivity contribution in [3.8, 4) is 0 Å². The first kappa shape index (κ1) is 15.3. The Morgan fingerprint density at radius 2 is 1.84 bits per heavy atom. The predicted octanol–water partition coefficient (Wildman–Crippen LogP) is 5.30. The Kier molecular flexibility index (Phi) is 6.65. The minimum Gasteiger partial charge on any atom is -0.310 e. The van der Waals surface area contributed by atoms with E-state index in [0.717, 1.165) is 12.5 Å². The van der Waals surface area contributed by atoms with Crippen molar-refractivity contribution >= 4 is 22.6 Å². The van der Waals surface area contributed by atoms with Crippen molar-refractivity contribution in [2.45, 2.75) is 57.9 Å². The molecular formula is C17H26IN. The maximum atomic E-state index is 3.82. The minimum atomic E-state index is 0.561. The summed E-state index contributed by atoms with van der Waals surface area (Å²) in [5.74, 6) is 0.824. The van der Waals surface area contributed by atoms with E-state index in [1.54, 1.807) is 0 Å². The van der Waals surface area contributed by atoms with Crippen molar-refractivity contribution in [3.05, 3.63) is 33.4 Å². The maximum Gasteiger partial charge on any atom is 0.0359 e. The fraction of sp³-hybridized carbons (Fsp3) is 0.647. The molecule has 2 heteroatoms. The van der Waals surface area contributed by atoms with E-state index < -0.39 is 0 Å². The summed E-state index contributed by atoms with van der Waals surface area (Å²) >= 11 is 2.49. The highest BCUT2D eigenvalue weighted by Crippen LogP contribution is 2.35. The fourth-order valence-electron chi connectivity index (χ4n) is 3.20. The Balaban J connectivity index is 2.16. The Morgan fingerprint density at radius 3 is 2.47 bits per heavy atom. The van der Waals surface area contributed by atoms with Crippen LogP contribution in [-0.2, 0) is 0 Å². The lowest BCUT2D eigenvalue weighted by atomic mass is 9.87. The molecule has 0 amide bonds. The maximum absolute atomic E-state index is 3.82. The Hall–Kier alpha value is -0.0900. The SMILES string of the molecule is CCCNC(c1ccccc1I)C1CCCCCC1. The highest BCUT2D eigenvalue weighted by Gasteiger charge is 2.24. The molecule has 1 fully saturated rings. The Morgan fingerprint density at radius 1 is 1.16 bits per heavy atom. The van der Waals surface area contributed by atoms with Crippen LogP contribution in [-0.4, -0.2) is 6.54 Å². The van der Waals surface area contributed by atoms with Crippen LogP contribution in [0.3, 0.4) is 0 Å². The second-order valence-corrected chi connectivity index (χ2v) is 6.87. The zero-order chi connectivity index (χ0) is 13.5. The number of halogens is 1. The summed E-state index contributed by atoms with van der Waals surface area (Å²) in [4.78, 5) is 0. The van der Waals surface area contributed by atoms with Crippen LogP contribution in [0.25, 0.3) is 0 Å². The van der Waals surface area contributed by atoms with E-state index in [0.29, 0.717) is 6.04 Å². The van der Waals surface area contributed by atoms with E-state index in [1.807, 2.05) is 0 Å². The molecule has 106 valence electrons. The average molecular weight is 371 g/mol. The molecule has 1 aliphatic carbocycles. The molecule has 1 nitrogen and oxygen atoms in total. The first-order valence-electron chi connectivity index (χ1n) is 7.80. The van der Waals surface area contributed by atoms with E-state index in [4.69, 9.17) is 0 Å². The molecule has 2 rings (SSSR count). The molecule has 1 aliphatic rings. The van der Waals surface area contributed by atoms with Gasteiger partial charge in [0.1, 0.15) is 0 Å². The number of hydrogen-bond acceptors (Lipinski definition) is 1. The van der Waals surface area contributed by atoms with Crippen molar-refractivity contribution in [1.29, 1.82) is 0 Å². The zero-order valence-corrected chi connectivity index (χ0v) is 14.2. The van der Waals surface area contributed by atoms with Gasteiger partial charge in [0, 0.05) is 9.61 Å². The third kappa shape index (κ3) is 4.45. The Bertz CT molecular complexity index is 369. The predicted molar refractivity (Wildman–Crippen MR) is 91.4 cm³/mol. The van der Waals surface area contributed by atoms with Crippen LogP contribution in [0.5, 0.6) is 0 Å². The molecule has 0 bridgehead atoms. The second kappa shape index (κ2) is 8.25. The van der Waals surface area contributed by atoms with Gasteiger partial charge in [-0.1, -0.05) is 50.8 Å². The molecule has 0 radical (unpaired) electrons. The summed E-state index contributed by atoms with van der Waals surface area (Å²) in [6.45, 7) is 3.39. The molecule has 1 unspecified atom stereocenters. The highest BCUT2D eigenvalue weighted by molar-refractivity contribution is 14.1. The number of rotatable bonds is 5. The van der Waals surface area contributed by atoms with Gasteiger partial charge in [0.15, 0.2) is 0 Å². The van der Waals surface area contributed by atoms with Crippen molar-refractivity contribution in [2.75, 3.05) is 6.54 Å². The van der Waals surface area contributed by atoms with Gasteiger partial charge in [0.25, 0.3) is 0 Å². The summed E-state index contributed by atoms with van der Waals surface area (Å²) in [6, 6.07) is 9.46. The van der Waals surface area contributed by atoms with E-state index in [2.05, 4.69) is 59.1 Å². The first-order chi connectivity index (χ1) is 9.33. The largest absolute Gasteiger partial charge is 0.310 e. The van der Waals surface area contributed by atoms with Gasteiger partial charge in [-0.2, -0.15) is 0 Å². The molecule has 0 aliphatic heterocycles. The summed E-state index contributed by atoms with van der Waals surface area (Å²) < 4.78 is 1.41. The van der Waals surface area contributed by atoms with Crippen molar-refractivity contribution < 1.29 is 0 Å². The molecule has 1 aromatic carbocycles. The van der Waals surface area contributed by atoms with Crippen LogP contribution >= 0.6 is 22.6 Å². The summed E-state index contributed by atoms with van der Waals surface area (Å²) in [5.41, 5.74) is 1.52. The van der Waals surface area contributed by atoms with Crippen molar-refractivity contribution in [1.82, 2.24) is 5.32 Å². The zero-order valence-electron chi connectivity index (χ0n) is 12.0. The van der Waals surface area contributed by atoms with Crippen LogP contribution in [0.2, 0.25) is 0 Å². The smallest absolute Gasteiger partial charge is 0.0359 e. The first-order valence-corrected chi connectivity index (χ1v) is 8.88. The Labute approximate surface area is 131 Å². The third-order valence-electron chi connectivity index (χ3n) is 4.23. The molecule has 0 spiro atoms. The molecule has 1 N–H and O–H groups in total. The van der Waals surface area contributed by atoms with Crippen LogP contribution < -0.4 is 5.32 Å². The van der Waals surface area contributed by atoms with Crippen LogP contribution in [0.1, 0.15) is 63.5 Å². The van der Waals surface area contributed by atoms with E-state index in [-0.39, 0.29) is 0 Å². The van der Waals surface area contributed by atoms with Crippen LogP contribution in [0.15, 0.2) is 24.3 Å². The van der Waals surface area contributed by atoms with Gasteiger partial charge < -0.3 is 5.32 Å². The molecular weight excluding hydrogens is 345 g/mol. The summed E-state index contributed by atoms with van der Waals surface area (Å²) in [7, 11) is 0. The van der Waals surface area contributed by atoms with Crippen molar-refractivity contribution in [3.63, 3.8) is 0 Å². The molecule has 19 heavy (non-hydrogen) atoms. The second-order valence-electron chi connectivity index (χ2n) is 5.70. The van der Waals surface area contributed by atoms with Gasteiger partial charge in [-0.15, -0.1) is 0 Å². The van der Waals surface area contributed by atoms with Gasteiger partial charge in [-0.3, -0.25) is 0 Å². The molecule has 1 aromatic rings. The molecule has 0 aromatic heterocycles. The summed E-state index contributed by atoms with van der Waals surface area (Å²) in [6.07, 6.45) is 9.70. The van der Waals surface area contributed by atoms with Crippen molar-refractivity contribution in [2.24, 2.45) is 5.92 Å². The average Bonchev–Trinajstić information content (AvgIpc) is 2.70.